The molecule has 0 fully saturated rings. The minimum Gasteiger partial charge on any atom is -0.497 e. The van der Waals surface area contributed by atoms with Crippen molar-refractivity contribution >= 4 is 27.8 Å². The number of methoxy groups -OCH3 is 1. The maximum Gasteiger partial charge on any atom is 0.337 e. The minimum absolute atomic E-state index is 0.0734. The summed E-state index contributed by atoms with van der Waals surface area (Å²) in [5, 5.41) is 10.1. The number of ether oxygens (including phenoxy) is 1. The van der Waals surface area contributed by atoms with Gasteiger partial charge in [-0.05, 0) is 24.3 Å². The lowest BCUT2D eigenvalue weighted by molar-refractivity contribution is 0.0699. The Morgan fingerprint density at radius 1 is 1.20 bits per heavy atom. The van der Waals surface area contributed by atoms with Gasteiger partial charge in [-0.15, -0.1) is 0 Å². The zero-order chi connectivity index (χ0) is 14.3. The molecular weight excluding hydrogens is 258 g/mol. The number of carboxylic acid groups (broad SMARTS) is 1. The molecule has 0 saturated carbocycles. The number of rotatable bonds is 2. The number of fused-ring (bicyclic) bond motifs is 2. The van der Waals surface area contributed by atoms with Gasteiger partial charge in [-0.1, -0.05) is 6.07 Å². The van der Waals surface area contributed by atoms with Gasteiger partial charge in [0.1, 0.15) is 5.75 Å². The zero-order valence-corrected chi connectivity index (χ0v) is 10.6. The van der Waals surface area contributed by atoms with Crippen molar-refractivity contribution < 1.29 is 14.6 Å². The molecule has 20 heavy (non-hydrogen) atoms. The number of aromatic nitrogens is 1. The SMILES string of the molecule is COc1ccc2c(=O)c3cccc(C(=O)O)c3[nH]c2c1. The van der Waals surface area contributed by atoms with Gasteiger partial charge in [0.2, 0.25) is 0 Å². The average molecular weight is 269 g/mol. The van der Waals surface area contributed by atoms with E-state index in [1.165, 1.54) is 13.2 Å². The first-order chi connectivity index (χ1) is 9.61. The molecule has 3 aromatic rings. The second-order valence-corrected chi connectivity index (χ2v) is 4.40. The summed E-state index contributed by atoms with van der Waals surface area (Å²) in [6, 6.07) is 9.69. The number of carboxylic acids is 1. The van der Waals surface area contributed by atoms with E-state index < -0.39 is 5.97 Å². The fourth-order valence-electron chi connectivity index (χ4n) is 2.29. The Hall–Kier alpha value is -2.82. The number of para-hydroxylation sites is 1. The number of carbonyl (C=O) groups is 1. The van der Waals surface area contributed by atoms with Gasteiger partial charge in [-0.2, -0.15) is 0 Å². The summed E-state index contributed by atoms with van der Waals surface area (Å²) in [5.41, 5.74) is 0.755. The Labute approximate surface area is 113 Å². The lowest BCUT2D eigenvalue weighted by Crippen LogP contribution is -2.08. The largest absolute Gasteiger partial charge is 0.497 e. The summed E-state index contributed by atoms with van der Waals surface area (Å²) < 4.78 is 5.11. The number of H-pyrrole nitrogens is 1. The quantitative estimate of drug-likeness (QED) is 0.700. The molecule has 1 heterocycles. The van der Waals surface area contributed by atoms with Crippen LogP contribution in [0.2, 0.25) is 0 Å². The molecule has 0 atom stereocenters. The molecule has 0 bridgehead atoms. The fourth-order valence-corrected chi connectivity index (χ4v) is 2.29. The van der Waals surface area contributed by atoms with Crippen molar-refractivity contribution in [3.8, 4) is 5.75 Å². The molecule has 0 aliphatic rings. The summed E-state index contributed by atoms with van der Waals surface area (Å²) in [7, 11) is 1.53. The molecule has 1 aromatic heterocycles. The second-order valence-electron chi connectivity index (χ2n) is 4.40. The highest BCUT2D eigenvalue weighted by Gasteiger charge is 2.13. The van der Waals surface area contributed by atoms with Crippen LogP contribution in [0.3, 0.4) is 0 Å². The van der Waals surface area contributed by atoms with Gasteiger partial charge in [0.15, 0.2) is 5.43 Å². The summed E-state index contributed by atoms with van der Waals surface area (Å²) in [6.45, 7) is 0. The monoisotopic (exact) mass is 269 g/mol. The highest BCUT2D eigenvalue weighted by atomic mass is 16.5. The van der Waals surface area contributed by atoms with Crippen LogP contribution in [-0.4, -0.2) is 23.2 Å². The first-order valence-corrected chi connectivity index (χ1v) is 5.98. The molecule has 0 aliphatic carbocycles. The zero-order valence-electron chi connectivity index (χ0n) is 10.6. The van der Waals surface area contributed by atoms with Gasteiger partial charge in [0.25, 0.3) is 0 Å². The van der Waals surface area contributed by atoms with Crippen LogP contribution in [0.1, 0.15) is 10.4 Å². The van der Waals surface area contributed by atoms with Crippen molar-refractivity contribution in [3.63, 3.8) is 0 Å². The third-order valence-corrected chi connectivity index (χ3v) is 3.27. The third kappa shape index (κ3) is 1.72. The van der Waals surface area contributed by atoms with Crippen molar-refractivity contribution in [3.05, 3.63) is 52.2 Å². The van der Waals surface area contributed by atoms with E-state index in [-0.39, 0.29) is 11.0 Å². The maximum atomic E-state index is 12.4. The summed E-state index contributed by atoms with van der Waals surface area (Å²) >= 11 is 0. The first kappa shape index (κ1) is 12.2. The number of aromatic amines is 1. The molecular formula is C15H11NO4. The highest BCUT2D eigenvalue weighted by molar-refractivity contribution is 6.04. The van der Waals surface area contributed by atoms with E-state index in [4.69, 9.17) is 4.74 Å². The Bertz CT molecular complexity index is 895. The molecule has 0 aliphatic heterocycles. The fraction of sp³-hybridized carbons (Fsp3) is 0.0667. The van der Waals surface area contributed by atoms with Crippen molar-refractivity contribution in [2.24, 2.45) is 0 Å². The normalized spacial score (nSPS) is 10.8. The lowest BCUT2D eigenvalue weighted by Gasteiger charge is -2.07. The summed E-state index contributed by atoms with van der Waals surface area (Å²) in [6.07, 6.45) is 0. The average Bonchev–Trinajstić information content (AvgIpc) is 2.46. The third-order valence-electron chi connectivity index (χ3n) is 3.27. The Morgan fingerprint density at radius 2 is 2.00 bits per heavy atom. The van der Waals surface area contributed by atoms with Gasteiger partial charge in [-0.25, -0.2) is 4.79 Å². The van der Waals surface area contributed by atoms with E-state index in [1.807, 2.05) is 0 Å². The molecule has 0 amide bonds. The van der Waals surface area contributed by atoms with Crippen LogP contribution in [0.5, 0.6) is 5.75 Å². The molecule has 2 aromatic carbocycles. The Morgan fingerprint density at radius 3 is 2.70 bits per heavy atom. The number of aromatic carboxylic acids is 1. The van der Waals surface area contributed by atoms with Crippen LogP contribution in [-0.2, 0) is 0 Å². The molecule has 2 N–H and O–H groups in total. The van der Waals surface area contributed by atoms with E-state index in [1.54, 1.807) is 30.3 Å². The maximum absolute atomic E-state index is 12.4. The predicted octanol–water partition coefficient (Wildman–Crippen LogP) is 2.39. The molecule has 100 valence electrons. The van der Waals surface area contributed by atoms with Gasteiger partial charge in [-0.3, -0.25) is 4.79 Å². The number of hydrogen-bond donors (Lipinski definition) is 2. The molecule has 0 spiro atoms. The first-order valence-electron chi connectivity index (χ1n) is 5.98. The van der Waals surface area contributed by atoms with E-state index in [9.17, 15) is 14.7 Å². The Kier molecular flexibility index (Phi) is 2.68. The lowest BCUT2D eigenvalue weighted by atomic mass is 10.1. The van der Waals surface area contributed by atoms with Crippen molar-refractivity contribution in [2.45, 2.75) is 0 Å². The topological polar surface area (TPSA) is 79.4 Å². The molecule has 0 radical (unpaired) electrons. The van der Waals surface area contributed by atoms with Crippen molar-refractivity contribution in [1.29, 1.82) is 0 Å². The van der Waals surface area contributed by atoms with E-state index in [0.717, 1.165) is 0 Å². The van der Waals surface area contributed by atoms with E-state index in [2.05, 4.69) is 4.98 Å². The minimum atomic E-state index is -1.08. The number of benzene rings is 2. The molecule has 5 nitrogen and oxygen atoms in total. The number of hydrogen-bond acceptors (Lipinski definition) is 3. The molecule has 0 unspecified atom stereocenters. The Balaban J connectivity index is 2.51. The smallest absolute Gasteiger partial charge is 0.337 e. The van der Waals surface area contributed by atoms with Crippen LogP contribution >= 0.6 is 0 Å². The van der Waals surface area contributed by atoms with Gasteiger partial charge in [0, 0.05) is 16.8 Å². The highest BCUT2D eigenvalue weighted by Crippen LogP contribution is 2.21. The van der Waals surface area contributed by atoms with Crippen LogP contribution in [0.4, 0.5) is 0 Å². The van der Waals surface area contributed by atoms with Gasteiger partial charge in [0.05, 0.1) is 23.7 Å². The standard InChI is InChI=1S/C15H11NO4/c1-20-8-5-6-9-12(7-8)16-13-10(14(9)17)3-2-4-11(13)15(18)19/h2-7H,1H3,(H,16,17)(H,18,19). The van der Waals surface area contributed by atoms with Crippen LogP contribution in [0.25, 0.3) is 21.8 Å². The molecule has 5 heteroatoms. The number of pyridine rings is 1. The molecule has 0 saturated heterocycles. The van der Waals surface area contributed by atoms with Crippen LogP contribution < -0.4 is 10.2 Å². The van der Waals surface area contributed by atoms with Crippen molar-refractivity contribution in [1.82, 2.24) is 4.98 Å². The predicted molar refractivity (Wildman–Crippen MR) is 75.6 cm³/mol. The summed E-state index contributed by atoms with van der Waals surface area (Å²) in [5.74, 6) is -0.478. The number of nitrogens with one attached hydrogen (secondary N) is 1. The van der Waals surface area contributed by atoms with Crippen LogP contribution in [0.15, 0.2) is 41.2 Å². The van der Waals surface area contributed by atoms with E-state index >= 15 is 0 Å². The molecule has 3 rings (SSSR count). The second kappa shape index (κ2) is 4.38. The summed E-state index contributed by atoms with van der Waals surface area (Å²) in [4.78, 5) is 26.7. The van der Waals surface area contributed by atoms with Gasteiger partial charge >= 0.3 is 5.97 Å². The van der Waals surface area contributed by atoms with Gasteiger partial charge < -0.3 is 14.8 Å². The van der Waals surface area contributed by atoms with E-state index in [0.29, 0.717) is 27.6 Å². The van der Waals surface area contributed by atoms with Crippen LogP contribution in [0, 0.1) is 0 Å². The van der Waals surface area contributed by atoms with Crippen molar-refractivity contribution in [2.75, 3.05) is 7.11 Å².